The predicted molar refractivity (Wildman–Crippen MR) is 109 cm³/mol. The van der Waals surface area contributed by atoms with Gasteiger partial charge >= 0.3 is 0 Å². The Bertz CT molecular complexity index is 676. The summed E-state index contributed by atoms with van der Waals surface area (Å²) in [6, 6.07) is 9.70. The Morgan fingerprint density at radius 1 is 0.852 bits per heavy atom. The van der Waals surface area contributed by atoms with Crippen molar-refractivity contribution in [1.29, 1.82) is 0 Å². The largest absolute Gasteiger partial charge is 0.271 e. The van der Waals surface area contributed by atoms with Gasteiger partial charge in [0.1, 0.15) is 0 Å². The van der Waals surface area contributed by atoms with Crippen molar-refractivity contribution in [2.24, 2.45) is 22.4 Å². The van der Waals surface area contributed by atoms with Crippen molar-refractivity contribution in [3.05, 3.63) is 93.5 Å². The van der Waals surface area contributed by atoms with E-state index in [0.29, 0.717) is 0 Å². The molecule has 0 saturated heterocycles. The van der Waals surface area contributed by atoms with E-state index in [4.69, 9.17) is 5.10 Å². The summed E-state index contributed by atoms with van der Waals surface area (Å²) in [4.78, 5) is 13.9. The van der Waals surface area contributed by atoms with Gasteiger partial charge in [0.15, 0.2) is 0 Å². The van der Waals surface area contributed by atoms with E-state index in [2.05, 4.69) is 39.5 Å². The molecule has 10 radical (unpaired) electrons. The van der Waals surface area contributed by atoms with Gasteiger partial charge in [-0.25, -0.2) is 0 Å². The number of carbonyl (C=O) groups excluding carboxylic acids is 1. The summed E-state index contributed by atoms with van der Waals surface area (Å²) < 4.78 is 0. The number of hydrogen-bond donors (Lipinski definition) is 0. The van der Waals surface area contributed by atoms with Gasteiger partial charge in [-0.2, -0.15) is 10.1 Å². The summed E-state index contributed by atoms with van der Waals surface area (Å²) in [6.45, 7) is 6.31. The van der Waals surface area contributed by atoms with Crippen molar-refractivity contribution < 1.29 is 4.79 Å². The fourth-order valence-corrected chi connectivity index (χ4v) is 4.61. The van der Waals surface area contributed by atoms with E-state index in [0.717, 1.165) is 11.4 Å². The van der Waals surface area contributed by atoms with Crippen LogP contribution in [0.25, 0.3) is 0 Å². The molecule has 2 fully saturated rings. The number of para-hydroxylation sites is 1. The molecule has 1 heterocycles. The van der Waals surface area contributed by atoms with Gasteiger partial charge in [-0.3, -0.25) is 4.79 Å². The third kappa shape index (κ3) is 2.94. The topological polar surface area (TPSA) is 32.7 Å². The van der Waals surface area contributed by atoms with Gasteiger partial charge in [0.2, 0.25) is 0 Å². The highest BCUT2D eigenvalue weighted by molar-refractivity contribution is 6.19. The fraction of sp³-hybridized carbons (Fsp3) is 0.250. The number of carbonyl (C=O) groups is 1. The molecule has 0 N–H and O–H groups in total. The number of hydrogen-bond acceptors (Lipinski definition) is 2. The summed E-state index contributed by atoms with van der Waals surface area (Å²) in [5.74, 6) is 2.43. The van der Waals surface area contributed by atoms with Gasteiger partial charge in [-0.15, -0.1) is 0 Å². The van der Waals surface area contributed by atoms with Crippen LogP contribution in [-0.4, -0.2) is 11.6 Å². The van der Waals surface area contributed by atoms with Crippen LogP contribution in [0.2, 0.25) is 0 Å². The van der Waals surface area contributed by atoms with Crippen LogP contribution in [0, 0.1) is 80.5 Å². The molecule has 2 aliphatic carbocycles. The summed E-state index contributed by atoms with van der Waals surface area (Å²) in [5, 5.41) is 6.35. The van der Waals surface area contributed by atoms with Gasteiger partial charge in [0.25, 0.3) is 5.91 Å². The Kier molecular flexibility index (Phi) is 5.13. The lowest BCUT2D eigenvalue weighted by Gasteiger charge is -2.43. The van der Waals surface area contributed by atoms with Crippen LogP contribution in [0.1, 0.15) is 20.8 Å². The zero-order valence-corrected chi connectivity index (χ0v) is 16.0. The molecule has 2 saturated carbocycles. The molecule has 136 valence electrons. The first-order chi connectivity index (χ1) is 13.1. The molecule has 27 heavy (non-hydrogen) atoms. The van der Waals surface area contributed by atoms with Crippen LogP contribution in [0.3, 0.4) is 0 Å². The average Bonchev–Trinajstić information content (AvgIpc) is 3.44. The SMILES string of the molecule is CC1=NN(c2ccccc2)C(=O)C1(C(C)[C]1[CH][CH][CH][CH]1)C(C)[C]1[CH][CH][CH][CH]1. The number of benzene rings is 1. The second-order valence-electron chi connectivity index (χ2n) is 7.39. The molecular weight excluding hydrogens is 332 g/mol. The molecule has 2 atom stereocenters. The van der Waals surface area contributed by atoms with E-state index in [1.807, 2.05) is 62.9 Å². The maximum absolute atomic E-state index is 13.9. The Morgan fingerprint density at radius 2 is 1.33 bits per heavy atom. The van der Waals surface area contributed by atoms with Crippen molar-refractivity contribution in [2.45, 2.75) is 20.8 Å². The molecule has 3 aliphatic rings. The van der Waals surface area contributed by atoms with Crippen LogP contribution in [0.15, 0.2) is 35.4 Å². The minimum Gasteiger partial charge on any atom is -0.271 e. The first-order valence-corrected chi connectivity index (χ1v) is 9.45. The van der Waals surface area contributed by atoms with Crippen molar-refractivity contribution in [3.8, 4) is 0 Å². The lowest BCUT2D eigenvalue weighted by Crippen LogP contribution is -2.52. The lowest BCUT2D eigenvalue weighted by atomic mass is 9.57. The normalized spacial score (nSPS) is 29.4. The molecule has 3 heteroatoms. The zero-order chi connectivity index (χ0) is 19.0. The van der Waals surface area contributed by atoms with Crippen LogP contribution in [-0.2, 0) is 4.79 Å². The molecule has 0 aromatic heterocycles. The molecule has 1 aliphatic heterocycles. The molecular formula is C24H24N2O. The molecule has 0 bridgehead atoms. The van der Waals surface area contributed by atoms with Crippen molar-refractivity contribution in [1.82, 2.24) is 0 Å². The highest BCUT2D eigenvalue weighted by Gasteiger charge is 2.59. The van der Waals surface area contributed by atoms with E-state index in [9.17, 15) is 4.79 Å². The van der Waals surface area contributed by atoms with E-state index in [1.165, 1.54) is 11.8 Å². The van der Waals surface area contributed by atoms with E-state index >= 15 is 0 Å². The zero-order valence-electron chi connectivity index (χ0n) is 16.0. The predicted octanol–water partition coefficient (Wildman–Crippen LogP) is 4.48. The molecule has 1 amide bonds. The number of amides is 1. The molecule has 1 aromatic rings. The van der Waals surface area contributed by atoms with E-state index in [-0.39, 0.29) is 17.7 Å². The van der Waals surface area contributed by atoms with Gasteiger partial charge in [-0.05, 0) is 94.1 Å². The monoisotopic (exact) mass is 356 g/mol. The Hall–Kier alpha value is -1.64. The van der Waals surface area contributed by atoms with Crippen molar-refractivity contribution >= 4 is 17.3 Å². The quantitative estimate of drug-likeness (QED) is 0.766. The maximum Gasteiger partial charge on any atom is 0.259 e. The lowest BCUT2D eigenvalue weighted by molar-refractivity contribution is -0.127. The minimum atomic E-state index is -0.710. The van der Waals surface area contributed by atoms with Crippen LogP contribution < -0.4 is 5.01 Å². The third-order valence-corrected chi connectivity index (χ3v) is 6.14. The molecule has 2 unspecified atom stereocenters. The first-order valence-electron chi connectivity index (χ1n) is 9.45. The average molecular weight is 356 g/mol. The molecule has 4 rings (SSSR count). The second kappa shape index (κ2) is 7.41. The summed E-state index contributed by atoms with van der Waals surface area (Å²) in [7, 11) is 0. The highest BCUT2D eigenvalue weighted by atomic mass is 16.2. The van der Waals surface area contributed by atoms with Crippen molar-refractivity contribution in [2.75, 3.05) is 5.01 Å². The van der Waals surface area contributed by atoms with Gasteiger partial charge in [-0.1, -0.05) is 32.0 Å². The Labute approximate surface area is 164 Å². The standard InChI is InChI=1S/C24H24N2O/c1-17(20-11-7-8-12-20)24(18(2)21-13-9-10-14-21)19(3)25-26(23(24)27)22-15-5-4-6-16-22/h4-18H,1-3H3. The molecule has 1 aromatic carbocycles. The Morgan fingerprint density at radius 3 is 1.81 bits per heavy atom. The second-order valence-corrected chi connectivity index (χ2v) is 7.39. The van der Waals surface area contributed by atoms with E-state index < -0.39 is 5.41 Å². The number of anilines is 1. The van der Waals surface area contributed by atoms with Gasteiger partial charge < -0.3 is 0 Å². The summed E-state index contributed by atoms with van der Waals surface area (Å²) in [5.41, 5.74) is 0.977. The fourth-order valence-electron chi connectivity index (χ4n) is 4.61. The molecule has 0 spiro atoms. The smallest absolute Gasteiger partial charge is 0.259 e. The first kappa shape index (κ1) is 18.7. The summed E-state index contributed by atoms with van der Waals surface area (Å²) in [6.07, 6.45) is 16.6. The van der Waals surface area contributed by atoms with E-state index in [1.54, 1.807) is 5.01 Å². The highest BCUT2D eigenvalue weighted by Crippen LogP contribution is 2.54. The van der Waals surface area contributed by atoms with Crippen LogP contribution in [0.5, 0.6) is 0 Å². The number of hydrazone groups is 1. The van der Waals surface area contributed by atoms with Crippen LogP contribution in [0.4, 0.5) is 5.69 Å². The maximum atomic E-state index is 13.9. The van der Waals surface area contributed by atoms with Gasteiger partial charge in [0, 0.05) is 0 Å². The van der Waals surface area contributed by atoms with Gasteiger partial charge in [0.05, 0.1) is 16.8 Å². The third-order valence-electron chi connectivity index (χ3n) is 6.14. The number of nitrogens with zero attached hydrogens (tertiary/aromatic N) is 2. The Balaban J connectivity index is 1.75. The minimum absolute atomic E-state index is 0.0161. The number of rotatable bonds is 5. The van der Waals surface area contributed by atoms with Crippen molar-refractivity contribution in [3.63, 3.8) is 0 Å². The molecule has 3 nitrogen and oxygen atoms in total. The van der Waals surface area contributed by atoms with Crippen LogP contribution >= 0.6 is 0 Å². The summed E-state index contributed by atoms with van der Waals surface area (Å²) >= 11 is 0.